The molecule has 0 aliphatic rings. The molecule has 0 saturated heterocycles. The molecule has 0 aliphatic carbocycles. The fourth-order valence-corrected chi connectivity index (χ4v) is 3.42. The Morgan fingerprint density at radius 1 is 0.875 bits per heavy atom. The number of hydrogen-bond acceptors (Lipinski definition) is 3. The van der Waals surface area contributed by atoms with Crippen LogP contribution < -0.4 is 0 Å². The van der Waals surface area contributed by atoms with E-state index in [2.05, 4.69) is 4.98 Å². The smallest absolute Gasteiger partial charge is 0.446 e. The summed E-state index contributed by atoms with van der Waals surface area (Å²) in [4.78, 5) is 4.30. The number of nitrogens with zero attached hydrogens (tertiary/aromatic N) is 1. The van der Waals surface area contributed by atoms with Gasteiger partial charge < -0.3 is 4.42 Å². The Labute approximate surface area is 139 Å². The van der Waals surface area contributed by atoms with E-state index in [1.807, 2.05) is 18.2 Å². The normalized spacial score (nSPS) is 12.1. The number of thioether (sulfide) groups is 1. The maximum atomic E-state index is 13.0. The van der Waals surface area contributed by atoms with E-state index in [1.54, 1.807) is 36.5 Å². The van der Waals surface area contributed by atoms with Gasteiger partial charge in [0.2, 0.25) is 0 Å². The zero-order valence-electron chi connectivity index (χ0n) is 12.2. The van der Waals surface area contributed by atoms with Crippen LogP contribution in [0.5, 0.6) is 0 Å². The third-order valence-corrected chi connectivity index (χ3v) is 4.45. The van der Waals surface area contributed by atoms with Crippen LogP contribution in [0.25, 0.3) is 33.2 Å². The highest BCUT2D eigenvalue weighted by molar-refractivity contribution is 8.00. The Hall–Kier alpha value is -2.47. The van der Waals surface area contributed by atoms with Gasteiger partial charge in [-0.05, 0) is 42.1 Å². The Balaban J connectivity index is 2.07. The molecule has 0 atom stereocenters. The molecule has 4 aromatic rings. The number of pyridine rings is 1. The standard InChI is InChI=1S/C18H10F3NOS/c19-18(20,21)24-15-9-8-12-11-5-1-2-7-14(11)23-17(12)16(15)13-6-3-4-10-22-13/h1-10H. The first-order valence-electron chi connectivity index (χ1n) is 7.14. The average Bonchev–Trinajstić information content (AvgIpc) is 2.92. The number of benzene rings is 2. The lowest BCUT2D eigenvalue weighted by Crippen LogP contribution is -2.00. The molecule has 0 radical (unpaired) electrons. The Bertz CT molecular complexity index is 1020. The molecular weight excluding hydrogens is 335 g/mol. The van der Waals surface area contributed by atoms with Crippen molar-refractivity contribution in [2.45, 2.75) is 10.4 Å². The van der Waals surface area contributed by atoms with Crippen LogP contribution in [0.4, 0.5) is 13.2 Å². The van der Waals surface area contributed by atoms with Gasteiger partial charge in [-0.1, -0.05) is 24.3 Å². The fraction of sp³-hybridized carbons (Fsp3) is 0.0556. The summed E-state index contributed by atoms with van der Waals surface area (Å²) in [7, 11) is 0. The third kappa shape index (κ3) is 2.63. The Morgan fingerprint density at radius 3 is 2.42 bits per heavy atom. The van der Waals surface area contributed by atoms with E-state index >= 15 is 0 Å². The second-order valence-electron chi connectivity index (χ2n) is 5.18. The summed E-state index contributed by atoms with van der Waals surface area (Å²) in [6.07, 6.45) is 1.55. The van der Waals surface area contributed by atoms with E-state index in [1.165, 1.54) is 6.07 Å². The van der Waals surface area contributed by atoms with Crippen molar-refractivity contribution in [3.63, 3.8) is 0 Å². The minimum Gasteiger partial charge on any atom is -0.455 e. The van der Waals surface area contributed by atoms with Crippen molar-refractivity contribution >= 4 is 33.7 Å². The molecule has 0 bridgehead atoms. The van der Waals surface area contributed by atoms with Crippen LogP contribution in [-0.4, -0.2) is 10.5 Å². The highest BCUT2D eigenvalue weighted by Crippen LogP contribution is 2.45. The van der Waals surface area contributed by atoms with E-state index in [-0.39, 0.29) is 16.7 Å². The van der Waals surface area contributed by atoms with Crippen molar-refractivity contribution in [3.05, 3.63) is 60.8 Å². The van der Waals surface area contributed by atoms with Gasteiger partial charge in [0.05, 0.1) is 11.3 Å². The van der Waals surface area contributed by atoms with Gasteiger partial charge in [0.1, 0.15) is 11.2 Å². The number of aromatic nitrogens is 1. The molecule has 0 unspecified atom stereocenters. The minimum atomic E-state index is -4.39. The van der Waals surface area contributed by atoms with Gasteiger partial charge in [-0.2, -0.15) is 13.2 Å². The second kappa shape index (κ2) is 5.56. The van der Waals surface area contributed by atoms with Crippen LogP contribution in [0.3, 0.4) is 0 Å². The van der Waals surface area contributed by atoms with Crippen molar-refractivity contribution in [1.82, 2.24) is 4.98 Å². The van der Waals surface area contributed by atoms with Gasteiger partial charge in [-0.25, -0.2) is 0 Å². The SMILES string of the molecule is FC(F)(F)Sc1ccc2c(oc3ccccc32)c1-c1ccccn1. The lowest BCUT2D eigenvalue weighted by molar-refractivity contribution is -0.0327. The number of furan rings is 1. The molecule has 0 spiro atoms. The molecule has 0 N–H and O–H groups in total. The van der Waals surface area contributed by atoms with Crippen molar-refractivity contribution < 1.29 is 17.6 Å². The van der Waals surface area contributed by atoms with E-state index in [4.69, 9.17) is 4.42 Å². The molecule has 0 aliphatic heterocycles. The zero-order chi connectivity index (χ0) is 16.7. The minimum absolute atomic E-state index is 0.0766. The number of fused-ring (bicyclic) bond motifs is 3. The van der Waals surface area contributed by atoms with Gasteiger partial charge in [0.15, 0.2) is 0 Å². The molecule has 2 nitrogen and oxygen atoms in total. The molecule has 2 heterocycles. The summed E-state index contributed by atoms with van der Waals surface area (Å²) >= 11 is -0.153. The topological polar surface area (TPSA) is 26.0 Å². The van der Waals surface area contributed by atoms with Crippen LogP contribution in [-0.2, 0) is 0 Å². The lowest BCUT2D eigenvalue weighted by atomic mass is 10.1. The molecular formula is C18H10F3NOS. The van der Waals surface area contributed by atoms with Crippen molar-refractivity contribution in [2.24, 2.45) is 0 Å². The number of alkyl halides is 3. The summed E-state index contributed by atoms with van der Waals surface area (Å²) < 4.78 is 44.7. The van der Waals surface area contributed by atoms with E-state index in [0.29, 0.717) is 22.4 Å². The van der Waals surface area contributed by atoms with Gasteiger partial charge in [-0.3, -0.25) is 4.98 Å². The molecule has 4 rings (SSSR count). The fourth-order valence-electron chi connectivity index (χ4n) is 2.73. The maximum absolute atomic E-state index is 13.0. The molecule has 24 heavy (non-hydrogen) atoms. The second-order valence-corrected chi connectivity index (χ2v) is 6.28. The first-order chi connectivity index (χ1) is 11.5. The summed E-state index contributed by atoms with van der Waals surface area (Å²) in [6, 6.07) is 15.7. The number of hydrogen-bond donors (Lipinski definition) is 0. The van der Waals surface area contributed by atoms with Gasteiger partial charge >= 0.3 is 5.51 Å². The maximum Gasteiger partial charge on any atom is 0.446 e. The van der Waals surface area contributed by atoms with Gasteiger partial charge in [0.25, 0.3) is 0 Å². The molecule has 0 saturated carbocycles. The molecule has 6 heteroatoms. The highest BCUT2D eigenvalue weighted by atomic mass is 32.2. The molecule has 120 valence electrons. The Morgan fingerprint density at radius 2 is 1.67 bits per heavy atom. The first kappa shape index (κ1) is 15.1. The van der Waals surface area contributed by atoms with E-state index in [9.17, 15) is 13.2 Å². The van der Waals surface area contributed by atoms with Crippen LogP contribution in [0, 0.1) is 0 Å². The van der Waals surface area contributed by atoms with Crippen LogP contribution in [0.2, 0.25) is 0 Å². The number of para-hydroxylation sites is 1. The monoisotopic (exact) mass is 345 g/mol. The summed E-state index contributed by atoms with van der Waals surface area (Å²) in [5.74, 6) is 0. The molecule has 2 aromatic carbocycles. The van der Waals surface area contributed by atoms with Gasteiger partial charge in [-0.15, -0.1) is 0 Å². The average molecular weight is 345 g/mol. The zero-order valence-corrected chi connectivity index (χ0v) is 13.0. The predicted molar refractivity (Wildman–Crippen MR) is 88.9 cm³/mol. The number of rotatable bonds is 2. The van der Waals surface area contributed by atoms with Crippen molar-refractivity contribution in [3.8, 4) is 11.3 Å². The van der Waals surface area contributed by atoms with Crippen LogP contribution in [0.1, 0.15) is 0 Å². The predicted octanol–water partition coefficient (Wildman–Crippen LogP) is 6.26. The van der Waals surface area contributed by atoms with Crippen molar-refractivity contribution in [1.29, 1.82) is 0 Å². The third-order valence-electron chi connectivity index (χ3n) is 3.66. The van der Waals surface area contributed by atoms with Crippen LogP contribution in [0.15, 0.2) is 70.1 Å². The van der Waals surface area contributed by atoms with Gasteiger partial charge in [0, 0.05) is 21.9 Å². The lowest BCUT2D eigenvalue weighted by Gasteiger charge is -2.11. The quantitative estimate of drug-likeness (QED) is 0.401. The van der Waals surface area contributed by atoms with E-state index in [0.717, 1.165) is 10.8 Å². The van der Waals surface area contributed by atoms with Crippen LogP contribution >= 0.6 is 11.8 Å². The van der Waals surface area contributed by atoms with E-state index < -0.39 is 5.51 Å². The highest BCUT2D eigenvalue weighted by Gasteiger charge is 2.32. The first-order valence-corrected chi connectivity index (χ1v) is 7.96. The molecule has 2 aromatic heterocycles. The van der Waals surface area contributed by atoms with Crippen molar-refractivity contribution in [2.75, 3.05) is 0 Å². The Kier molecular flexibility index (Phi) is 3.49. The molecule has 0 fully saturated rings. The summed E-state index contributed by atoms with van der Waals surface area (Å²) in [6.45, 7) is 0. The number of halogens is 3. The summed E-state index contributed by atoms with van der Waals surface area (Å²) in [5.41, 5.74) is -2.51. The summed E-state index contributed by atoms with van der Waals surface area (Å²) in [5, 5.41) is 1.64. The molecule has 0 amide bonds. The largest absolute Gasteiger partial charge is 0.455 e.